The highest BCUT2D eigenvalue weighted by atomic mass is 15.3. The van der Waals surface area contributed by atoms with E-state index in [1.165, 1.54) is 5.56 Å². The van der Waals surface area contributed by atoms with Crippen LogP contribution in [0.25, 0.3) is 0 Å². The molecule has 0 unspecified atom stereocenters. The molecule has 1 fully saturated rings. The van der Waals surface area contributed by atoms with Crippen molar-refractivity contribution in [3.8, 4) is 0 Å². The molecular weight excluding hydrogens is 272 g/mol. The third-order valence-corrected chi connectivity index (χ3v) is 4.21. The van der Waals surface area contributed by atoms with Gasteiger partial charge in [0, 0.05) is 44.5 Å². The molecule has 1 aliphatic rings. The van der Waals surface area contributed by atoms with Gasteiger partial charge in [-0.1, -0.05) is 30.3 Å². The van der Waals surface area contributed by atoms with Crippen LogP contribution in [-0.4, -0.2) is 47.6 Å². The highest BCUT2D eigenvalue weighted by molar-refractivity contribution is 5.40. The van der Waals surface area contributed by atoms with Crippen LogP contribution in [0.1, 0.15) is 17.1 Å². The van der Waals surface area contributed by atoms with Crippen LogP contribution in [0.3, 0.4) is 0 Å². The van der Waals surface area contributed by atoms with Gasteiger partial charge >= 0.3 is 0 Å². The lowest BCUT2D eigenvalue weighted by Crippen LogP contribution is -2.47. The molecule has 0 amide bonds. The Bertz CT molecular complexity index is 583. The molecule has 1 aliphatic heterocycles. The normalized spacial score (nSPS) is 16.0. The first-order chi connectivity index (χ1) is 10.7. The summed E-state index contributed by atoms with van der Waals surface area (Å²) in [5.74, 6) is 1.94. The van der Waals surface area contributed by atoms with Crippen molar-refractivity contribution >= 4 is 5.82 Å². The van der Waals surface area contributed by atoms with Crippen LogP contribution in [0.15, 0.2) is 36.4 Å². The maximum Gasteiger partial charge on any atom is 0.132 e. The van der Waals surface area contributed by atoms with Gasteiger partial charge < -0.3 is 4.90 Å². The zero-order valence-electron chi connectivity index (χ0n) is 13.5. The van der Waals surface area contributed by atoms with Gasteiger partial charge in [-0.2, -0.15) is 0 Å². The van der Waals surface area contributed by atoms with Crippen LogP contribution in [0.4, 0.5) is 5.82 Å². The van der Waals surface area contributed by atoms with Crippen LogP contribution in [0.5, 0.6) is 0 Å². The smallest absolute Gasteiger partial charge is 0.132 e. The van der Waals surface area contributed by atoms with Crippen molar-refractivity contribution in [1.82, 2.24) is 14.9 Å². The molecule has 3 rings (SSSR count). The number of aromatic nitrogens is 2. The van der Waals surface area contributed by atoms with E-state index in [0.717, 1.165) is 56.5 Å². The number of piperazine rings is 1. The number of aryl methyl sites for hydroxylation is 2. The minimum atomic E-state index is 0.863. The van der Waals surface area contributed by atoms with E-state index in [0.29, 0.717) is 0 Å². The number of hydrogen-bond acceptors (Lipinski definition) is 4. The fraction of sp³-hybridized carbons (Fsp3) is 0.444. The van der Waals surface area contributed by atoms with Crippen molar-refractivity contribution in [2.75, 3.05) is 37.6 Å². The molecule has 2 aromatic rings. The molecular formula is C18H24N4. The molecule has 0 saturated carbocycles. The lowest BCUT2D eigenvalue weighted by atomic mass is 10.1. The fourth-order valence-electron chi connectivity index (χ4n) is 2.99. The van der Waals surface area contributed by atoms with Crippen molar-refractivity contribution in [1.29, 1.82) is 0 Å². The van der Waals surface area contributed by atoms with Crippen molar-refractivity contribution in [2.45, 2.75) is 20.3 Å². The zero-order valence-corrected chi connectivity index (χ0v) is 13.5. The third kappa shape index (κ3) is 3.83. The number of benzene rings is 1. The van der Waals surface area contributed by atoms with Gasteiger partial charge in [0.15, 0.2) is 0 Å². The second-order valence-corrected chi connectivity index (χ2v) is 5.98. The van der Waals surface area contributed by atoms with Crippen LogP contribution < -0.4 is 4.90 Å². The lowest BCUT2D eigenvalue weighted by Gasteiger charge is -2.35. The number of rotatable bonds is 4. The molecule has 0 bridgehead atoms. The van der Waals surface area contributed by atoms with Gasteiger partial charge in [0.1, 0.15) is 11.6 Å². The van der Waals surface area contributed by atoms with E-state index >= 15 is 0 Å². The Morgan fingerprint density at radius 1 is 0.955 bits per heavy atom. The second-order valence-electron chi connectivity index (χ2n) is 5.98. The van der Waals surface area contributed by atoms with Gasteiger partial charge in [0.05, 0.1) is 0 Å². The summed E-state index contributed by atoms with van der Waals surface area (Å²) in [6.07, 6.45) is 1.13. The zero-order chi connectivity index (χ0) is 15.4. The quantitative estimate of drug-likeness (QED) is 0.867. The summed E-state index contributed by atoms with van der Waals surface area (Å²) in [6.45, 7) is 9.44. The SMILES string of the molecule is Cc1cc(N2CCN(CCc3ccccc3)CC2)nc(C)n1. The highest BCUT2D eigenvalue weighted by Crippen LogP contribution is 2.15. The summed E-state index contributed by atoms with van der Waals surface area (Å²) in [4.78, 5) is 13.9. The first kappa shape index (κ1) is 15.0. The van der Waals surface area contributed by atoms with E-state index in [2.05, 4.69) is 56.2 Å². The van der Waals surface area contributed by atoms with E-state index in [1.807, 2.05) is 13.8 Å². The maximum absolute atomic E-state index is 4.57. The average molecular weight is 296 g/mol. The van der Waals surface area contributed by atoms with Gasteiger partial charge in [0.25, 0.3) is 0 Å². The third-order valence-electron chi connectivity index (χ3n) is 4.21. The summed E-state index contributed by atoms with van der Waals surface area (Å²) in [5.41, 5.74) is 2.47. The predicted octanol–water partition coefficient (Wildman–Crippen LogP) is 2.46. The molecule has 116 valence electrons. The first-order valence-electron chi connectivity index (χ1n) is 8.04. The number of hydrogen-bond donors (Lipinski definition) is 0. The minimum Gasteiger partial charge on any atom is -0.354 e. The van der Waals surface area contributed by atoms with Gasteiger partial charge in [-0.3, -0.25) is 4.90 Å². The van der Waals surface area contributed by atoms with Crippen LogP contribution >= 0.6 is 0 Å². The summed E-state index contributed by atoms with van der Waals surface area (Å²) in [6, 6.07) is 12.8. The summed E-state index contributed by atoms with van der Waals surface area (Å²) < 4.78 is 0. The Morgan fingerprint density at radius 3 is 2.36 bits per heavy atom. The Morgan fingerprint density at radius 2 is 1.68 bits per heavy atom. The highest BCUT2D eigenvalue weighted by Gasteiger charge is 2.18. The molecule has 0 N–H and O–H groups in total. The summed E-state index contributed by atoms with van der Waals surface area (Å²) >= 11 is 0. The van der Waals surface area contributed by atoms with Gasteiger partial charge in [-0.05, 0) is 25.8 Å². The van der Waals surface area contributed by atoms with Gasteiger partial charge in [-0.25, -0.2) is 9.97 Å². The number of nitrogens with zero attached hydrogens (tertiary/aromatic N) is 4. The average Bonchev–Trinajstić information content (AvgIpc) is 2.53. The molecule has 2 heterocycles. The Balaban J connectivity index is 1.52. The molecule has 1 aromatic carbocycles. The molecule has 0 aliphatic carbocycles. The van der Waals surface area contributed by atoms with Crippen LogP contribution in [-0.2, 0) is 6.42 Å². The fourth-order valence-corrected chi connectivity index (χ4v) is 2.99. The van der Waals surface area contributed by atoms with E-state index in [1.54, 1.807) is 0 Å². The van der Waals surface area contributed by atoms with E-state index in [4.69, 9.17) is 0 Å². The standard InChI is InChI=1S/C18H24N4/c1-15-14-18(20-16(2)19-15)22-12-10-21(11-13-22)9-8-17-6-4-3-5-7-17/h3-7,14H,8-13H2,1-2H3. The molecule has 4 heteroatoms. The topological polar surface area (TPSA) is 32.3 Å². The maximum atomic E-state index is 4.57. The number of anilines is 1. The molecule has 0 atom stereocenters. The molecule has 0 spiro atoms. The van der Waals surface area contributed by atoms with Gasteiger partial charge in [0.2, 0.25) is 0 Å². The van der Waals surface area contributed by atoms with E-state index < -0.39 is 0 Å². The molecule has 1 aromatic heterocycles. The van der Waals surface area contributed by atoms with Crippen molar-refractivity contribution in [3.05, 3.63) is 53.5 Å². The summed E-state index contributed by atoms with van der Waals surface area (Å²) in [5, 5.41) is 0. The lowest BCUT2D eigenvalue weighted by molar-refractivity contribution is 0.260. The molecule has 4 nitrogen and oxygen atoms in total. The summed E-state index contributed by atoms with van der Waals surface area (Å²) in [7, 11) is 0. The van der Waals surface area contributed by atoms with E-state index in [-0.39, 0.29) is 0 Å². The van der Waals surface area contributed by atoms with E-state index in [9.17, 15) is 0 Å². The van der Waals surface area contributed by atoms with Crippen LogP contribution in [0.2, 0.25) is 0 Å². The first-order valence-corrected chi connectivity index (χ1v) is 8.04. The van der Waals surface area contributed by atoms with Gasteiger partial charge in [-0.15, -0.1) is 0 Å². The molecule has 1 saturated heterocycles. The molecule has 22 heavy (non-hydrogen) atoms. The Kier molecular flexibility index (Phi) is 4.68. The largest absolute Gasteiger partial charge is 0.354 e. The Labute approximate surface area is 132 Å². The van der Waals surface area contributed by atoms with Crippen molar-refractivity contribution < 1.29 is 0 Å². The second kappa shape index (κ2) is 6.88. The monoisotopic (exact) mass is 296 g/mol. The Hall–Kier alpha value is -1.94. The van der Waals surface area contributed by atoms with Crippen molar-refractivity contribution in [2.24, 2.45) is 0 Å². The van der Waals surface area contributed by atoms with Crippen LogP contribution in [0, 0.1) is 13.8 Å². The molecule has 0 radical (unpaired) electrons. The predicted molar refractivity (Wildman–Crippen MR) is 90.3 cm³/mol. The minimum absolute atomic E-state index is 0.863. The van der Waals surface area contributed by atoms with Crippen molar-refractivity contribution in [3.63, 3.8) is 0 Å².